The predicted octanol–water partition coefficient (Wildman–Crippen LogP) is 0.524. The molecule has 1 aromatic heterocycles. The normalized spacial score (nSPS) is 15.3. The maximum Gasteiger partial charge on any atom is 0.272 e. The number of rotatable bonds is 3. The first-order valence-corrected chi connectivity index (χ1v) is 7.57. The van der Waals surface area contributed by atoms with E-state index >= 15 is 0 Å². The zero-order valence-corrected chi connectivity index (χ0v) is 13.7. The van der Waals surface area contributed by atoms with E-state index < -0.39 is 0 Å². The highest BCUT2D eigenvalue weighted by Gasteiger charge is 2.23. The fraction of sp³-hybridized carbons (Fsp3) is 0.500. The number of hydrogen-bond donors (Lipinski definition) is 1. The number of piperazine rings is 1. The molecule has 0 saturated carbocycles. The monoisotopic (exact) mass is 318 g/mol. The number of nitrogens with zero attached hydrogens (tertiary/aromatic N) is 3. The van der Waals surface area contributed by atoms with Gasteiger partial charge in [-0.1, -0.05) is 0 Å². The fourth-order valence-electron chi connectivity index (χ4n) is 2.29. The molecular weight excluding hydrogens is 296 g/mol. The molecular formula is C16H22N4O3. The van der Waals surface area contributed by atoms with Crippen LogP contribution in [0.5, 0.6) is 0 Å². The molecule has 0 unspecified atom stereocenters. The van der Waals surface area contributed by atoms with Gasteiger partial charge in [0.1, 0.15) is 5.69 Å². The van der Waals surface area contributed by atoms with E-state index in [4.69, 9.17) is 0 Å². The average molecular weight is 318 g/mol. The Balaban J connectivity index is 2.09. The van der Waals surface area contributed by atoms with Gasteiger partial charge >= 0.3 is 0 Å². The highest BCUT2D eigenvalue weighted by Crippen LogP contribution is 2.10. The summed E-state index contributed by atoms with van der Waals surface area (Å²) < 4.78 is 0. The predicted molar refractivity (Wildman–Crippen MR) is 85.0 cm³/mol. The first-order valence-electron chi connectivity index (χ1n) is 7.57. The minimum atomic E-state index is -0.352. The van der Waals surface area contributed by atoms with Crippen molar-refractivity contribution in [3.8, 4) is 0 Å². The second-order valence-corrected chi connectivity index (χ2v) is 6.57. The molecule has 3 amide bonds. The van der Waals surface area contributed by atoms with Crippen molar-refractivity contribution < 1.29 is 14.4 Å². The lowest BCUT2D eigenvalue weighted by Crippen LogP contribution is -2.48. The molecule has 7 nitrogen and oxygen atoms in total. The van der Waals surface area contributed by atoms with Crippen molar-refractivity contribution in [3.63, 3.8) is 0 Å². The zero-order valence-electron chi connectivity index (χ0n) is 13.7. The SMILES string of the molecule is CC(C)(C)NC(=O)c1ccnc(C(=O)N2CCN(C=O)CC2)c1. The largest absolute Gasteiger partial charge is 0.347 e. The van der Waals surface area contributed by atoms with E-state index in [-0.39, 0.29) is 23.0 Å². The molecule has 1 fully saturated rings. The summed E-state index contributed by atoms with van der Waals surface area (Å²) in [5.74, 6) is -0.458. The van der Waals surface area contributed by atoms with Crippen LogP contribution in [0.1, 0.15) is 41.6 Å². The third-order valence-corrected chi connectivity index (χ3v) is 3.48. The molecule has 1 N–H and O–H groups in total. The molecule has 1 aliphatic heterocycles. The minimum Gasteiger partial charge on any atom is -0.347 e. The summed E-state index contributed by atoms with van der Waals surface area (Å²) in [5, 5.41) is 2.86. The van der Waals surface area contributed by atoms with Crippen LogP contribution in [0.4, 0.5) is 0 Å². The molecule has 0 spiro atoms. The summed E-state index contributed by atoms with van der Waals surface area (Å²) in [7, 11) is 0. The van der Waals surface area contributed by atoms with Crippen LogP contribution in [0.3, 0.4) is 0 Å². The molecule has 1 aromatic rings. The lowest BCUT2D eigenvalue weighted by Gasteiger charge is -2.32. The summed E-state index contributed by atoms with van der Waals surface area (Å²) >= 11 is 0. The van der Waals surface area contributed by atoms with Crippen LogP contribution in [0, 0.1) is 0 Å². The Morgan fingerprint density at radius 1 is 1.22 bits per heavy atom. The molecule has 23 heavy (non-hydrogen) atoms. The number of pyridine rings is 1. The average Bonchev–Trinajstić information content (AvgIpc) is 2.53. The lowest BCUT2D eigenvalue weighted by molar-refractivity contribution is -0.119. The molecule has 2 rings (SSSR count). The van der Waals surface area contributed by atoms with Gasteiger partial charge < -0.3 is 15.1 Å². The van der Waals surface area contributed by atoms with Crippen molar-refractivity contribution in [2.75, 3.05) is 26.2 Å². The first-order chi connectivity index (χ1) is 10.8. The Morgan fingerprint density at radius 3 is 2.43 bits per heavy atom. The number of carbonyl (C=O) groups excluding carboxylic acids is 3. The molecule has 2 heterocycles. The third kappa shape index (κ3) is 4.51. The molecule has 0 aromatic carbocycles. The van der Waals surface area contributed by atoms with Crippen LogP contribution in [-0.2, 0) is 4.79 Å². The molecule has 124 valence electrons. The van der Waals surface area contributed by atoms with Crippen molar-refractivity contribution >= 4 is 18.2 Å². The standard InChI is InChI=1S/C16H22N4O3/c1-16(2,3)18-14(22)12-4-5-17-13(10-12)15(23)20-8-6-19(11-21)7-9-20/h4-5,10-11H,6-9H2,1-3H3,(H,18,22). The number of aromatic nitrogens is 1. The van der Waals surface area contributed by atoms with Gasteiger partial charge in [-0.25, -0.2) is 0 Å². The number of carbonyl (C=O) groups is 3. The van der Waals surface area contributed by atoms with Gasteiger partial charge in [0.2, 0.25) is 6.41 Å². The molecule has 0 bridgehead atoms. The summed E-state index contributed by atoms with van der Waals surface area (Å²) in [6.07, 6.45) is 2.25. The molecule has 7 heteroatoms. The van der Waals surface area contributed by atoms with Crippen LogP contribution in [-0.4, -0.2) is 64.7 Å². The van der Waals surface area contributed by atoms with E-state index in [0.717, 1.165) is 6.41 Å². The number of hydrogen-bond acceptors (Lipinski definition) is 4. The Hall–Kier alpha value is -2.44. The van der Waals surface area contributed by atoms with Crippen LogP contribution < -0.4 is 5.32 Å². The van der Waals surface area contributed by atoms with Crippen molar-refractivity contribution in [1.29, 1.82) is 0 Å². The van der Waals surface area contributed by atoms with E-state index in [1.807, 2.05) is 20.8 Å². The van der Waals surface area contributed by atoms with Gasteiger partial charge in [0.15, 0.2) is 0 Å². The summed E-state index contributed by atoms with van der Waals surface area (Å²) in [5.41, 5.74) is 0.297. The Morgan fingerprint density at radius 2 is 1.87 bits per heavy atom. The van der Waals surface area contributed by atoms with Crippen molar-refractivity contribution in [2.45, 2.75) is 26.3 Å². The van der Waals surface area contributed by atoms with Gasteiger partial charge in [0, 0.05) is 43.5 Å². The molecule has 0 radical (unpaired) electrons. The van der Waals surface area contributed by atoms with Crippen molar-refractivity contribution in [2.24, 2.45) is 0 Å². The van der Waals surface area contributed by atoms with E-state index in [9.17, 15) is 14.4 Å². The topological polar surface area (TPSA) is 82.6 Å². The Bertz CT molecular complexity index is 602. The maximum atomic E-state index is 12.5. The first kappa shape index (κ1) is 16.9. The maximum absolute atomic E-state index is 12.5. The molecule has 1 aliphatic rings. The van der Waals surface area contributed by atoms with Crippen molar-refractivity contribution in [1.82, 2.24) is 20.1 Å². The van der Waals surface area contributed by atoms with Crippen LogP contribution in [0.2, 0.25) is 0 Å². The number of nitrogens with one attached hydrogen (secondary N) is 1. The van der Waals surface area contributed by atoms with Crippen molar-refractivity contribution in [3.05, 3.63) is 29.6 Å². The highest BCUT2D eigenvalue weighted by atomic mass is 16.2. The zero-order chi connectivity index (χ0) is 17.0. The number of amides is 3. The summed E-state index contributed by atoms with van der Waals surface area (Å²) in [6.45, 7) is 7.65. The molecule has 0 atom stereocenters. The van der Waals surface area contributed by atoms with Crippen LogP contribution in [0.15, 0.2) is 18.3 Å². The Labute approximate surface area is 135 Å². The fourth-order valence-corrected chi connectivity index (χ4v) is 2.29. The van der Waals surface area contributed by atoms with Gasteiger partial charge in [-0.05, 0) is 32.9 Å². The van der Waals surface area contributed by atoms with Gasteiger partial charge in [-0.3, -0.25) is 19.4 Å². The smallest absolute Gasteiger partial charge is 0.272 e. The summed E-state index contributed by atoms with van der Waals surface area (Å²) in [6, 6.07) is 3.09. The second kappa shape index (κ2) is 6.76. The second-order valence-electron chi connectivity index (χ2n) is 6.57. The van der Waals surface area contributed by atoms with Gasteiger partial charge in [0.25, 0.3) is 11.8 Å². The van der Waals surface area contributed by atoms with Gasteiger partial charge in [-0.15, -0.1) is 0 Å². The Kier molecular flexibility index (Phi) is 4.98. The molecule has 0 aliphatic carbocycles. The van der Waals surface area contributed by atoms with E-state index in [1.54, 1.807) is 15.9 Å². The third-order valence-electron chi connectivity index (χ3n) is 3.48. The minimum absolute atomic E-state index is 0.221. The van der Waals surface area contributed by atoms with Crippen LogP contribution >= 0.6 is 0 Å². The summed E-state index contributed by atoms with van der Waals surface area (Å²) in [4.78, 5) is 42.7. The molecule has 1 saturated heterocycles. The van der Waals surface area contributed by atoms with Gasteiger partial charge in [0.05, 0.1) is 0 Å². The highest BCUT2D eigenvalue weighted by molar-refractivity contribution is 5.98. The quantitative estimate of drug-likeness (QED) is 0.824. The van der Waals surface area contributed by atoms with Gasteiger partial charge in [-0.2, -0.15) is 0 Å². The lowest BCUT2D eigenvalue weighted by atomic mass is 10.1. The van der Waals surface area contributed by atoms with E-state index in [1.165, 1.54) is 12.3 Å². The van der Waals surface area contributed by atoms with Crippen LogP contribution in [0.25, 0.3) is 0 Å². The van der Waals surface area contributed by atoms with E-state index in [2.05, 4.69) is 10.3 Å². The van der Waals surface area contributed by atoms with E-state index in [0.29, 0.717) is 31.7 Å².